The highest BCUT2D eigenvalue weighted by atomic mass is 32.1. The molecule has 0 unspecified atom stereocenters. The molecule has 4 aliphatic rings. The number of amides is 2. The fraction of sp³-hybridized carbons (Fsp3) is 0.550. The molecule has 0 aliphatic heterocycles. The van der Waals surface area contributed by atoms with Crippen LogP contribution in [0, 0.1) is 23.2 Å². The van der Waals surface area contributed by atoms with E-state index in [0.717, 1.165) is 29.0 Å². The summed E-state index contributed by atoms with van der Waals surface area (Å²) in [7, 11) is 0. The van der Waals surface area contributed by atoms with Crippen molar-refractivity contribution >= 4 is 33.4 Å². The first-order valence-corrected chi connectivity index (χ1v) is 10.4. The zero-order valence-electron chi connectivity index (χ0n) is 15.1. The molecule has 0 atom stereocenters. The molecule has 7 heteroatoms. The Morgan fingerprint density at radius 3 is 2.30 bits per heavy atom. The van der Waals surface area contributed by atoms with Crippen molar-refractivity contribution in [1.82, 2.24) is 8.97 Å². The number of aromatic nitrogens is 1. The minimum absolute atomic E-state index is 0.188. The van der Waals surface area contributed by atoms with Crippen molar-refractivity contribution < 1.29 is 9.59 Å². The van der Waals surface area contributed by atoms with Crippen molar-refractivity contribution in [3.63, 3.8) is 0 Å². The Labute approximate surface area is 161 Å². The lowest BCUT2D eigenvalue weighted by Crippen LogP contribution is -2.58. The predicted molar refractivity (Wildman–Crippen MR) is 103 cm³/mol. The number of fused-ring (bicyclic) bond motifs is 1. The van der Waals surface area contributed by atoms with Crippen LogP contribution < -0.4 is 11.4 Å². The lowest BCUT2D eigenvalue weighted by atomic mass is 9.49. The molecule has 4 saturated carbocycles. The van der Waals surface area contributed by atoms with Gasteiger partial charge in [0.25, 0.3) is 11.5 Å². The second-order valence-corrected chi connectivity index (χ2v) is 9.76. The van der Waals surface area contributed by atoms with Gasteiger partial charge < -0.3 is 0 Å². The maximum absolute atomic E-state index is 13.2. The molecule has 2 amide bonds. The van der Waals surface area contributed by atoms with Gasteiger partial charge in [-0.1, -0.05) is 23.7 Å². The number of hydrazine groups is 1. The van der Waals surface area contributed by atoms with Gasteiger partial charge in [0.2, 0.25) is 5.91 Å². The summed E-state index contributed by atoms with van der Waals surface area (Å²) in [4.78, 5) is 38.3. The highest BCUT2D eigenvalue weighted by molar-refractivity contribution is 7.13. The van der Waals surface area contributed by atoms with E-state index < -0.39 is 11.3 Å². The van der Waals surface area contributed by atoms with Crippen LogP contribution in [0.3, 0.4) is 0 Å². The van der Waals surface area contributed by atoms with Crippen LogP contribution in [0.25, 0.3) is 10.1 Å². The van der Waals surface area contributed by atoms with E-state index in [-0.39, 0.29) is 18.0 Å². The van der Waals surface area contributed by atoms with Gasteiger partial charge in [-0.05, 0) is 68.4 Å². The van der Waals surface area contributed by atoms with E-state index in [1.807, 2.05) is 12.1 Å². The zero-order valence-corrected chi connectivity index (χ0v) is 15.9. The van der Waals surface area contributed by atoms with Crippen LogP contribution in [0.4, 0.5) is 0 Å². The van der Waals surface area contributed by atoms with Crippen molar-refractivity contribution in [3.8, 4) is 0 Å². The van der Waals surface area contributed by atoms with E-state index >= 15 is 0 Å². The first kappa shape index (κ1) is 17.1. The molecule has 2 aromatic rings. The molecule has 0 radical (unpaired) electrons. The van der Waals surface area contributed by atoms with E-state index in [2.05, 4.69) is 0 Å². The minimum atomic E-state index is -0.510. The summed E-state index contributed by atoms with van der Waals surface area (Å²) < 4.78 is 2.21. The molecule has 1 aromatic carbocycles. The van der Waals surface area contributed by atoms with E-state index in [1.165, 1.54) is 34.8 Å². The third-order valence-corrected chi connectivity index (χ3v) is 7.88. The molecule has 1 aromatic heterocycles. The van der Waals surface area contributed by atoms with Crippen molar-refractivity contribution in [1.29, 1.82) is 0 Å². The first-order valence-electron chi connectivity index (χ1n) is 9.66. The van der Waals surface area contributed by atoms with Crippen molar-refractivity contribution in [2.24, 2.45) is 29.0 Å². The topological polar surface area (TPSA) is 85.4 Å². The second-order valence-electron chi connectivity index (χ2n) is 8.70. The number of hydrogen-bond donors (Lipinski definition) is 1. The Morgan fingerprint density at radius 2 is 1.70 bits per heavy atom. The molecular weight excluding hydrogens is 362 g/mol. The molecule has 1 heterocycles. The van der Waals surface area contributed by atoms with Crippen LogP contribution in [0.15, 0.2) is 29.1 Å². The van der Waals surface area contributed by atoms with Gasteiger partial charge in [-0.2, -0.15) is 0 Å². The largest absolute Gasteiger partial charge is 0.272 e. The lowest BCUT2D eigenvalue weighted by molar-refractivity contribution is -0.164. The summed E-state index contributed by atoms with van der Waals surface area (Å²) in [6.07, 6.45) is 6.26. The van der Waals surface area contributed by atoms with Crippen LogP contribution in [0.1, 0.15) is 38.5 Å². The molecule has 4 fully saturated rings. The maximum atomic E-state index is 13.2. The Kier molecular flexibility index (Phi) is 3.81. The second kappa shape index (κ2) is 6.01. The van der Waals surface area contributed by atoms with Gasteiger partial charge in [-0.3, -0.25) is 18.3 Å². The molecule has 4 bridgehead atoms. The fourth-order valence-corrected chi connectivity index (χ4v) is 7.05. The van der Waals surface area contributed by atoms with Gasteiger partial charge >= 0.3 is 0 Å². The Bertz CT molecular complexity index is 956. The van der Waals surface area contributed by atoms with Crippen LogP contribution in [-0.2, 0) is 16.1 Å². The number of nitrogens with two attached hydrogens (primary N) is 1. The summed E-state index contributed by atoms with van der Waals surface area (Å²) in [5.41, 5.74) is -0.663. The van der Waals surface area contributed by atoms with Gasteiger partial charge in [-0.25, -0.2) is 10.9 Å². The first-order chi connectivity index (χ1) is 12.9. The van der Waals surface area contributed by atoms with E-state index in [4.69, 9.17) is 5.84 Å². The Balaban J connectivity index is 1.36. The van der Waals surface area contributed by atoms with E-state index in [9.17, 15) is 14.4 Å². The molecule has 6 nitrogen and oxygen atoms in total. The summed E-state index contributed by atoms with van der Waals surface area (Å²) in [5, 5.41) is 1.40. The van der Waals surface area contributed by atoms with Crippen molar-refractivity contribution in [3.05, 3.63) is 34.6 Å². The maximum Gasteiger partial charge on any atom is 0.269 e. The van der Waals surface area contributed by atoms with Crippen molar-refractivity contribution in [2.45, 2.75) is 45.1 Å². The number of hydrogen-bond acceptors (Lipinski definition) is 5. The number of carbonyl (C=O) groups is 2. The van der Waals surface area contributed by atoms with Crippen LogP contribution in [0.2, 0.25) is 0 Å². The van der Waals surface area contributed by atoms with E-state index in [0.29, 0.717) is 23.1 Å². The number of rotatable bonds is 3. The fourth-order valence-electron chi connectivity index (χ4n) is 6.06. The average Bonchev–Trinajstić information content (AvgIpc) is 2.95. The summed E-state index contributed by atoms with van der Waals surface area (Å²) >= 11 is 1.23. The number of carbonyl (C=O) groups excluding carboxylic acids is 2. The monoisotopic (exact) mass is 385 g/mol. The third kappa shape index (κ3) is 2.67. The molecule has 2 N–H and O–H groups in total. The summed E-state index contributed by atoms with van der Waals surface area (Å²) in [6, 6.07) is 7.25. The van der Waals surface area contributed by atoms with Gasteiger partial charge in [0.15, 0.2) is 0 Å². The molecule has 142 valence electrons. The minimum Gasteiger partial charge on any atom is -0.272 e. The quantitative estimate of drug-likeness (QED) is 0.500. The summed E-state index contributed by atoms with van der Waals surface area (Å²) in [6.45, 7) is -0.188. The number of imide groups is 1. The molecule has 27 heavy (non-hydrogen) atoms. The van der Waals surface area contributed by atoms with Gasteiger partial charge in [-0.15, -0.1) is 0 Å². The lowest BCUT2D eigenvalue weighted by Gasteiger charge is -2.56. The molecule has 6 rings (SSSR count). The standard InChI is InChI=1S/C20H23N3O3S/c21-23(17(24)11-22-18(25)15-3-1-2-4-16(15)27-22)19(26)20-8-12-5-13(9-20)7-14(6-12)10-20/h1-4,12-14H,5-11,21H2. The van der Waals surface area contributed by atoms with Gasteiger partial charge in [0, 0.05) is 0 Å². The van der Waals surface area contributed by atoms with Crippen LogP contribution in [-0.4, -0.2) is 20.8 Å². The Morgan fingerprint density at radius 1 is 1.11 bits per heavy atom. The number of benzene rings is 1. The van der Waals surface area contributed by atoms with Crippen LogP contribution in [0.5, 0.6) is 0 Å². The van der Waals surface area contributed by atoms with Gasteiger partial charge in [0.1, 0.15) is 6.54 Å². The SMILES string of the molecule is NN(C(=O)Cn1sc2ccccc2c1=O)C(=O)C12CC3CC(CC(C3)C1)C2. The highest BCUT2D eigenvalue weighted by Gasteiger charge is 2.56. The molecule has 4 aliphatic carbocycles. The van der Waals surface area contributed by atoms with Crippen LogP contribution >= 0.6 is 11.5 Å². The normalized spacial score (nSPS) is 31.4. The van der Waals surface area contributed by atoms with Crippen molar-refractivity contribution in [2.75, 3.05) is 0 Å². The number of nitrogens with zero attached hydrogens (tertiary/aromatic N) is 2. The Hall–Kier alpha value is -1.99. The third-order valence-electron chi connectivity index (χ3n) is 6.81. The predicted octanol–water partition coefficient (Wildman–Crippen LogP) is 2.51. The molecular formula is C20H23N3O3S. The molecule has 0 saturated heterocycles. The van der Waals surface area contributed by atoms with Gasteiger partial charge in [0.05, 0.1) is 15.5 Å². The zero-order chi connectivity index (χ0) is 18.8. The smallest absolute Gasteiger partial charge is 0.269 e. The van der Waals surface area contributed by atoms with E-state index in [1.54, 1.807) is 12.1 Å². The molecule has 0 spiro atoms. The summed E-state index contributed by atoms with van der Waals surface area (Å²) in [5.74, 6) is 7.07. The highest BCUT2D eigenvalue weighted by Crippen LogP contribution is 2.60. The average molecular weight is 385 g/mol.